The predicted molar refractivity (Wildman–Crippen MR) is 142 cm³/mol. The Kier molecular flexibility index (Phi) is 9.20. The van der Waals surface area contributed by atoms with Crippen molar-refractivity contribution in [3.63, 3.8) is 0 Å². The summed E-state index contributed by atoms with van der Waals surface area (Å²) in [5, 5.41) is 12.5. The van der Waals surface area contributed by atoms with E-state index in [4.69, 9.17) is 9.47 Å². The number of methoxy groups -OCH3 is 1. The van der Waals surface area contributed by atoms with Crippen LogP contribution in [0.2, 0.25) is 0 Å². The average molecular weight is 497 g/mol. The van der Waals surface area contributed by atoms with Gasteiger partial charge < -0.3 is 19.4 Å². The second kappa shape index (κ2) is 12.1. The Morgan fingerprint density at radius 2 is 1.80 bits per heavy atom. The van der Waals surface area contributed by atoms with Gasteiger partial charge in [-0.15, -0.1) is 10.2 Å². The van der Waals surface area contributed by atoms with Crippen LogP contribution in [0.4, 0.5) is 5.69 Å². The highest BCUT2D eigenvalue weighted by Gasteiger charge is 2.22. The van der Waals surface area contributed by atoms with E-state index in [-0.39, 0.29) is 17.8 Å². The molecule has 0 saturated carbocycles. The highest BCUT2D eigenvalue weighted by molar-refractivity contribution is 7.99. The normalized spacial score (nSPS) is 12.1. The first-order valence-electron chi connectivity index (χ1n) is 12.0. The van der Waals surface area contributed by atoms with Crippen molar-refractivity contribution in [3.8, 4) is 11.5 Å². The fraction of sp³-hybridized carbons (Fsp3) is 0.444. The van der Waals surface area contributed by atoms with Crippen molar-refractivity contribution < 1.29 is 14.3 Å². The number of amides is 1. The van der Waals surface area contributed by atoms with Crippen LogP contribution >= 0.6 is 11.8 Å². The number of aromatic nitrogens is 3. The molecule has 0 aliphatic carbocycles. The van der Waals surface area contributed by atoms with Gasteiger partial charge in [-0.1, -0.05) is 63.7 Å². The first kappa shape index (κ1) is 26.6. The van der Waals surface area contributed by atoms with Gasteiger partial charge in [-0.3, -0.25) is 4.79 Å². The Morgan fingerprint density at radius 1 is 1.06 bits per heavy atom. The van der Waals surface area contributed by atoms with Crippen LogP contribution in [-0.4, -0.2) is 33.5 Å². The van der Waals surface area contributed by atoms with Crippen molar-refractivity contribution in [3.05, 3.63) is 59.4 Å². The number of para-hydroxylation sites is 1. The van der Waals surface area contributed by atoms with Gasteiger partial charge in [0, 0.05) is 6.54 Å². The molecule has 35 heavy (non-hydrogen) atoms. The summed E-state index contributed by atoms with van der Waals surface area (Å²) in [6.07, 6.45) is -0.291. The summed E-state index contributed by atoms with van der Waals surface area (Å²) in [6, 6.07) is 13.8. The number of hydrogen-bond acceptors (Lipinski definition) is 6. The van der Waals surface area contributed by atoms with Crippen LogP contribution in [0.3, 0.4) is 0 Å². The van der Waals surface area contributed by atoms with Crippen LogP contribution in [0.15, 0.2) is 47.6 Å². The maximum absolute atomic E-state index is 12.7. The molecule has 1 amide bonds. The molecular weight excluding hydrogens is 460 g/mol. The largest absolute Gasteiger partial charge is 0.495 e. The number of anilines is 1. The number of thioether (sulfide) groups is 1. The molecule has 1 aromatic heterocycles. The Hall–Kier alpha value is -3.00. The lowest BCUT2D eigenvalue weighted by Gasteiger charge is -2.20. The molecule has 0 aliphatic rings. The minimum Gasteiger partial charge on any atom is -0.495 e. The number of carbonyl (C=O) groups is 1. The third-order valence-corrected chi connectivity index (χ3v) is 6.43. The number of nitrogens with one attached hydrogen (secondary N) is 1. The van der Waals surface area contributed by atoms with E-state index >= 15 is 0 Å². The molecule has 1 unspecified atom stereocenters. The van der Waals surface area contributed by atoms with Gasteiger partial charge in [0.1, 0.15) is 11.5 Å². The summed E-state index contributed by atoms with van der Waals surface area (Å²) in [5.74, 6) is 3.05. The van der Waals surface area contributed by atoms with Gasteiger partial charge in [-0.05, 0) is 55.0 Å². The quantitative estimate of drug-likeness (QED) is 0.316. The lowest BCUT2D eigenvalue weighted by molar-refractivity contribution is -0.113. The summed E-state index contributed by atoms with van der Waals surface area (Å²) in [7, 11) is 1.59. The smallest absolute Gasteiger partial charge is 0.234 e. The van der Waals surface area contributed by atoms with Gasteiger partial charge in [0.25, 0.3) is 0 Å². The molecule has 0 bridgehead atoms. The van der Waals surface area contributed by atoms with Gasteiger partial charge in [-0.2, -0.15) is 0 Å². The zero-order valence-electron chi connectivity index (χ0n) is 21.7. The Labute approximate surface area is 212 Å². The fourth-order valence-electron chi connectivity index (χ4n) is 3.79. The van der Waals surface area contributed by atoms with Crippen molar-refractivity contribution in [2.75, 3.05) is 18.2 Å². The first-order chi connectivity index (χ1) is 16.7. The van der Waals surface area contributed by atoms with Crippen LogP contribution in [0.5, 0.6) is 11.5 Å². The first-order valence-corrected chi connectivity index (χ1v) is 12.9. The highest BCUT2D eigenvalue weighted by atomic mass is 32.2. The minimum atomic E-state index is -0.291. The number of ether oxygens (including phenoxy) is 2. The Morgan fingerprint density at radius 3 is 2.49 bits per heavy atom. The van der Waals surface area contributed by atoms with Crippen molar-refractivity contribution >= 4 is 23.4 Å². The molecule has 0 fully saturated rings. The monoisotopic (exact) mass is 496 g/mol. The molecule has 3 rings (SSSR count). The Balaban J connectivity index is 1.75. The minimum absolute atomic E-state index is 0.130. The summed E-state index contributed by atoms with van der Waals surface area (Å²) in [5.41, 5.74) is 2.86. The molecule has 3 aromatic rings. The van der Waals surface area contributed by atoms with Crippen LogP contribution in [0, 0.1) is 12.8 Å². The lowest BCUT2D eigenvalue weighted by atomic mass is 10.0. The fourth-order valence-corrected chi connectivity index (χ4v) is 4.54. The maximum atomic E-state index is 12.7. The third kappa shape index (κ3) is 7.01. The molecular formula is C27H36N4O3S. The maximum Gasteiger partial charge on any atom is 0.234 e. The highest BCUT2D eigenvalue weighted by Crippen LogP contribution is 2.31. The van der Waals surface area contributed by atoms with E-state index < -0.39 is 0 Å². The molecule has 0 aliphatic heterocycles. The molecule has 2 aromatic carbocycles. The van der Waals surface area contributed by atoms with E-state index in [1.165, 1.54) is 11.8 Å². The average Bonchev–Trinajstić information content (AvgIpc) is 3.20. The molecule has 0 radical (unpaired) electrons. The molecule has 0 spiro atoms. The zero-order chi connectivity index (χ0) is 25.5. The van der Waals surface area contributed by atoms with Gasteiger partial charge in [-0.25, -0.2) is 0 Å². The molecule has 7 nitrogen and oxygen atoms in total. The van der Waals surface area contributed by atoms with Crippen molar-refractivity contribution in [2.45, 2.75) is 65.3 Å². The molecule has 1 atom stereocenters. The van der Waals surface area contributed by atoms with E-state index in [1.54, 1.807) is 7.11 Å². The lowest BCUT2D eigenvalue weighted by Crippen LogP contribution is -2.17. The topological polar surface area (TPSA) is 78.3 Å². The number of nitrogens with zero attached hydrogens (tertiary/aromatic N) is 3. The number of rotatable bonds is 11. The summed E-state index contributed by atoms with van der Waals surface area (Å²) in [6.45, 7) is 13.3. The summed E-state index contributed by atoms with van der Waals surface area (Å²) >= 11 is 1.37. The van der Waals surface area contributed by atoms with E-state index in [9.17, 15) is 4.79 Å². The number of carbonyl (C=O) groups excluding carboxylic acids is 1. The molecule has 188 valence electrons. The van der Waals surface area contributed by atoms with Crippen molar-refractivity contribution in [1.29, 1.82) is 0 Å². The van der Waals surface area contributed by atoms with Gasteiger partial charge in [0.15, 0.2) is 17.1 Å². The van der Waals surface area contributed by atoms with E-state index in [1.807, 2.05) is 50.2 Å². The van der Waals surface area contributed by atoms with Crippen LogP contribution < -0.4 is 14.8 Å². The number of benzene rings is 2. The zero-order valence-corrected chi connectivity index (χ0v) is 22.5. The summed E-state index contributed by atoms with van der Waals surface area (Å²) in [4.78, 5) is 12.7. The Bertz CT molecular complexity index is 1140. The predicted octanol–water partition coefficient (Wildman–Crippen LogP) is 6.25. The SMILES string of the molecule is COc1ccc(C)cc1NC(=O)CSc1nnc(C(C)Oc2ccccc2C(C)C)n1CC(C)C. The number of aryl methyl sites for hydroxylation is 1. The summed E-state index contributed by atoms with van der Waals surface area (Å²) < 4.78 is 13.8. The van der Waals surface area contributed by atoms with Crippen molar-refractivity contribution in [1.82, 2.24) is 14.8 Å². The van der Waals surface area contributed by atoms with Crippen molar-refractivity contribution in [2.24, 2.45) is 5.92 Å². The molecule has 1 heterocycles. The standard InChI is InChI=1S/C27H36N4O3S/c1-17(2)15-31-26(20(6)34-23-11-9-8-10-21(23)18(3)4)29-30-27(31)35-16-25(32)28-22-14-19(5)12-13-24(22)33-7/h8-14,17-18,20H,15-16H2,1-7H3,(H,28,32). The van der Waals surface area contributed by atoms with Gasteiger partial charge in [0.05, 0.1) is 18.6 Å². The van der Waals surface area contributed by atoms with Crippen LogP contribution in [-0.2, 0) is 11.3 Å². The number of hydrogen-bond donors (Lipinski definition) is 1. The van der Waals surface area contributed by atoms with Gasteiger partial charge >= 0.3 is 0 Å². The van der Waals surface area contributed by atoms with E-state index in [0.29, 0.717) is 28.4 Å². The van der Waals surface area contributed by atoms with Gasteiger partial charge in [0.2, 0.25) is 5.91 Å². The second-order valence-electron chi connectivity index (χ2n) is 9.34. The van der Waals surface area contributed by atoms with Crippen LogP contribution in [0.1, 0.15) is 63.6 Å². The van der Waals surface area contributed by atoms with E-state index in [0.717, 1.165) is 29.2 Å². The van der Waals surface area contributed by atoms with Crippen LogP contribution in [0.25, 0.3) is 0 Å². The van der Waals surface area contributed by atoms with E-state index in [2.05, 4.69) is 53.8 Å². The molecule has 0 saturated heterocycles. The second-order valence-corrected chi connectivity index (χ2v) is 10.3. The third-order valence-electron chi connectivity index (χ3n) is 5.46. The molecule has 8 heteroatoms. The molecule has 1 N–H and O–H groups in total.